The van der Waals surface area contributed by atoms with Crippen molar-refractivity contribution in [1.82, 2.24) is 19.9 Å². The number of hydrogen-bond acceptors (Lipinski definition) is 7. The Labute approximate surface area is 206 Å². The minimum atomic E-state index is -4.55. The van der Waals surface area contributed by atoms with E-state index in [1.54, 1.807) is 37.4 Å². The average molecular weight is 513 g/mol. The third-order valence-corrected chi connectivity index (χ3v) is 6.02. The van der Waals surface area contributed by atoms with Crippen LogP contribution in [0.1, 0.15) is 21.5 Å². The van der Waals surface area contributed by atoms with Gasteiger partial charge >= 0.3 is 6.18 Å². The van der Waals surface area contributed by atoms with E-state index in [9.17, 15) is 22.2 Å². The second kappa shape index (κ2) is 10.2. The first kappa shape index (κ1) is 24.9. The molecule has 0 aliphatic heterocycles. The molecular weight excluding hydrogens is 493 g/mol. The van der Waals surface area contributed by atoms with Crippen molar-refractivity contribution in [3.8, 4) is 11.3 Å². The SMILES string of the molecule is Cc1c(NC(=O)c2cccc(C(F)(F)F)c2)cccc1Nc1ncncc1-c1cc(S(C)=O)ncn1. The van der Waals surface area contributed by atoms with Gasteiger partial charge in [-0.1, -0.05) is 12.1 Å². The number of anilines is 3. The lowest BCUT2D eigenvalue weighted by atomic mass is 10.1. The highest BCUT2D eigenvalue weighted by molar-refractivity contribution is 7.84. The predicted molar refractivity (Wildman–Crippen MR) is 129 cm³/mol. The topological polar surface area (TPSA) is 110 Å². The summed E-state index contributed by atoms with van der Waals surface area (Å²) in [4.78, 5) is 29.2. The van der Waals surface area contributed by atoms with Crippen LogP contribution in [0.15, 0.2) is 72.4 Å². The van der Waals surface area contributed by atoms with Crippen LogP contribution < -0.4 is 10.6 Å². The van der Waals surface area contributed by atoms with Gasteiger partial charge in [-0.3, -0.25) is 9.00 Å². The summed E-state index contributed by atoms with van der Waals surface area (Å²) < 4.78 is 50.9. The lowest BCUT2D eigenvalue weighted by Gasteiger charge is -2.16. The molecule has 0 saturated heterocycles. The summed E-state index contributed by atoms with van der Waals surface area (Å²) in [6.45, 7) is 1.74. The van der Waals surface area contributed by atoms with Crippen molar-refractivity contribution in [3.05, 3.63) is 84.1 Å². The van der Waals surface area contributed by atoms with Gasteiger partial charge in [-0.25, -0.2) is 19.9 Å². The minimum absolute atomic E-state index is 0.117. The smallest absolute Gasteiger partial charge is 0.339 e. The molecule has 12 heteroatoms. The van der Waals surface area contributed by atoms with Gasteiger partial charge in [0, 0.05) is 29.4 Å². The van der Waals surface area contributed by atoms with Gasteiger partial charge in [0.05, 0.1) is 27.6 Å². The van der Waals surface area contributed by atoms with Crippen LogP contribution in [0.2, 0.25) is 0 Å². The van der Waals surface area contributed by atoms with E-state index in [4.69, 9.17) is 0 Å². The van der Waals surface area contributed by atoms with Gasteiger partial charge in [-0.15, -0.1) is 0 Å². The molecule has 1 unspecified atom stereocenters. The number of benzene rings is 2. The lowest BCUT2D eigenvalue weighted by Crippen LogP contribution is -2.15. The van der Waals surface area contributed by atoms with Crippen molar-refractivity contribution < 1.29 is 22.2 Å². The van der Waals surface area contributed by atoms with Crippen molar-refractivity contribution in [2.45, 2.75) is 18.1 Å². The molecule has 2 aromatic carbocycles. The minimum Gasteiger partial charge on any atom is -0.339 e. The zero-order chi connectivity index (χ0) is 25.9. The number of aromatic nitrogens is 4. The summed E-state index contributed by atoms with van der Waals surface area (Å²) in [7, 11) is -1.31. The standard InChI is InChI=1S/C24H19F3N6O2S/c1-14-18(32-22-17(11-28-12-31-22)20-10-21(36(2)35)30-13-29-20)7-4-8-19(14)33-23(34)15-5-3-6-16(9-15)24(25,26)27/h3-13H,1-2H3,(H,33,34)(H,28,31,32). The number of carbonyl (C=O) groups is 1. The van der Waals surface area contributed by atoms with E-state index in [-0.39, 0.29) is 5.56 Å². The molecule has 2 heterocycles. The van der Waals surface area contributed by atoms with Gasteiger partial charge in [-0.2, -0.15) is 13.2 Å². The summed E-state index contributed by atoms with van der Waals surface area (Å²) in [5.41, 5.74) is 1.59. The third kappa shape index (κ3) is 5.54. The number of halogens is 3. The molecule has 0 radical (unpaired) electrons. The van der Waals surface area contributed by atoms with Crippen LogP contribution in [0.5, 0.6) is 0 Å². The van der Waals surface area contributed by atoms with Crippen molar-refractivity contribution >= 4 is 33.9 Å². The molecule has 36 heavy (non-hydrogen) atoms. The van der Waals surface area contributed by atoms with Crippen LogP contribution >= 0.6 is 0 Å². The maximum atomic E-state index is 13.0. The summed E-state index contributed by atoms with van der Waals surface area (Å²) in [5.74, 6) is -0.272. The van der Waals surface area contributed by atoms with E-state index in [0.717, 1.165) is 12.1 Å². The number of amides is 1. The Morgan fingerprint density at radius 3 is 2.47 bits per heavy atom. The number of alkyl halides is 3. The first-order valence-electron chi connectivity index (χ1n) is 10.4. The van der Waals surface area contributed by atoms with Crippen molar-refractivity contribution in [3.63, 3.8) is 0 Å². The Hall–Kier alpha value is -4.19. The van der Waals surface area contributed by atoms with Crippen LogP contribution in [0, 0.1) is 6.92 Å². The molecule has 0 fully saturated rings. The van der Waals surface area contributed by atoms with Crippen LogP contribution in [-0.4, -0.2) is 36.3 Å². The van der Waals surface area contributed by atoms with Crippen LogP contribution in [0.25, 0.3) is 11.3 Å². The van der Waals surface area contributed by atoms with Gasteiger partial charge in [-0.05, 0) is 48.9 Å². The zero-order valence-electron chi connectivity index (χ0n) is 19.0. The van der Waals surface area contributed by atoms with Crippen molar-refractivity contribution in [1.29, 1.82) is 0 Å². The molecule has 0 aliphatic carbocycles. The number of nitrogens with one attached hydrogen (secondary N) is 2. The maximum absolute atomic E-state index is 13.0. The second-order valence-electron chi connectivity index (χ2n) is 7.62. The maximum Gasteiger partial charge on any atom is 0.416 e. The first-order chi connectivity index (χ1) is 17.1. The van der Waals surface area contributed by atoms with Crippen LogP contribution in [0.3, 0.4) is 0 Å². The molecule has 184 valence electrons. The first-order valence-corrected chi connectivity index (χ1v) is 12.0. The third-order valence-electron chi connectivity index (χ3n) is 5.21. The van der Waals surface area contributed by atoms with Gasteiger partial charge in [0.1, 0.15) is 23.5 Å². The Morgan fingerprint density at radius 1 is 0.972 bits per heavy atom. The fourth-order valence-electron chi connectivity index (χ4n) is 3.33. The Morgan fingerprint density at radius 2 is 1.72 bits per heavy atom. The summed E-state index contributed by atoms with van der Waals surface area (Å²) in [5, 5.41) is 6.20. The molecule has 8 nitrogen and oxygen atoms in total. The van der Waals surface area contributed by atoms with E-state index >= 15 is 0 Å². The molecule has 0 aliphatic rings. The van der Waals surface area contributed by atoms with E-state index in [1.807, 2.05) is 0 Å². The van der Waals surface area contributed by atoms with Crippen molar-refractivity contribution in [2.75, 3.05) is 16.9 Å². The second-order valence-corrected chi connectivity index (χ2v) is 8.94. The molecular formula is C24H19F3N6O2S. The normalized spacial score (nSPS) is 12.1. The summed E-state index contributed by atoms with van der Waals surface area (Å²) in [6.07, 6.45) is 1.16. The van der Waals surface area contributed by atoms with Crippen LogP contribution in [-0.2, 0) is 17.0 Å². The van der Waals surface area contributed by atoms with E-state index < -0.39 is 28.4 Å². The van der Waals surface area contributed by atoms with Gasteiger partial charge in [0.15, 0.2) is 0 Å². The van der Waals surface area contributed by atoms with E-state index in [2.05, 4.69) is 30.6 Å². The highest BCUT2D eigenvalue weighted by atomic mass is 32.2. The quantitative estimate of drug-likeness (QED) is 0.350. The van der Waals surface area contributed by atoms with Crippen molar-refractivity contribution in [2.24, 2.45) is 0 Å². The molecule has 2 aromatic heterocycles. The highest BCUT2D eigenvalue weighted by Crippen LogP contribution is 2.32. The molecule has 2 N–H and O–H groups in total. The van der Waals surface area contributed by atoms with E-state index in [1.165, 1.54) is 31.0 Å². The van der Waals surface area contributed by atoms with Gasteiger partial charge in [0.25, 0.3) is 5.91 Å². The summed E-state index contributed by atoms with van der Waals surface area (Å²) in [6, 6.07) is 10.9. The predicted octanol–water partition coefficient (Wildman–Crippen LogP) is 4.99. The number of carbonyl (C=O) groups excluding carboxylic acids is 1. The molecule has 1 atom stereocenters. The largest absolute Gasteiger partial charge is 0.416 e. The zero-order valence-corrected chi connectivity index (χ0v) is 19.8. The number of hydrogen-bond donors (Lipinski definition) is 2. The molecule has 1 amide bonds. The monoisotopic (exact) mass is 512 g/mol. The Kier molecular flexibility index (Phi) is 7.06. The fraction of sp³-hybridized carbons (Fsp3) is 0.125. The fourth-order valence-corrected chi connectivity index (χ4v) is 3.80. The van der Waals surface area contributed by atoms with E-state index in [0.29, 0.717) is 39.0 Å². The summed E-state index contributed by atoms with van der Waals surface area (Å²) >= 11 is 0. The Balaban J connectivity index is 1.61. The van der Waals surface area contributed by atoms with Crippen LogP contribution in [0.4, 0.5) is 30.4 Å². The van der Waals surface area contributed by atoms with Gasteiger partial charge < -0.3 is 10.6 Å². The Bertz CT molecular complexity index is 1460. The van der Waals surface area contributed by atoms with Gasteiger partial charge in [0.2, 0.25) is 0 Å². The molecule has 0 bridgehead atoms. The highest BCUT2D eigenvalue weighted by Gasteiger charge is 2.31. The molecule has 4 aromatic rings. The number of nitrogens with zero attached hydrogens (tertiary/aromatic N) is 4. The average Bonchev–Trinajstić information content (AvgIpc) is 2.86. The molecule has 0 saturated carbocycles. The molecule has 0 spiro atoms. The lowest BCUT2D eigenvalue weighted by molar-refractivity contribution is -0.137. The number of rotatable bonds is 6. The molecule has 4 rings (SSSR count).